The van der Waals surface area contributed by atoms with E-state index < -0.39 is 6.04 Å². The first-order valence-corrected chi connectivity index (χ1v) is 13.6. The summed E-state index contributed by atoms with van der Waals surface area (Å²) in [5.41, 5.74) is 0. The van der Waals surface area contributed by atoms with Gasteiger partial charge in [-0.15, -0.1) is 5.92 Å². The summed E-state index contributed by atoms with van der Waals surface area (Å²) in [6.07, 6.45) is 5.20. The fourth-order valence-electron chi connectivity index (χ4n) is 3.46. The van der Waals surface area contributed by atoms with Crippen LogP contribution in [0.15, 0.2) is 0 Å². The average Bonchev–Trinajstić information content (AvgIpc) is 2.88. The van der Waals surface area contributed by atoms with E-state index in [-0.39, 0.29) is 49.4 Å². The molecule has 0 saturated heterocycles. The van der Waals surface area contributed by atoms with E-state index >= 15 is 0 Å². The molecule has 0 spiro atoms. The first kappa shape index (κ1) is 33.8. The molecule has 1 rings (SSSR count). The molecule has 0 heterocycles. The highest BCUT2D eigenvalue weighted by Crippen LogP contribution is 2.10. The lowest BCUT2D eigenvalue weighted by Crippen LogP contribution is -2.48. The zero-order valence-corrected chi connectivity index (χ0v) is 23.3. The van der Waals surface area contributed by atoms with Crippen molar-refractivity contribution >= 4 is 17.7 Å². The summed E-state index contributed by atoms with van der Waals surface area (Å²) in [6, 6.07) is -0.552. The van der Waals surface area contributed by atoms with Crippen molar-refractivity contribution in [3.63, 3.8) is 0 Å². The molecule has 38 heavy (non-hydrogen) atoms. The van der Waals surface area contributed by atoms with Crippen LogP contribution in [0.25, 0.3) is 0 Å². The molecule has 0 fully saturated rings. The monoisotopic (exact) mass is 541 g/mol. The maximum atomic E-state index is 12.0. The Morgan fingerprint density at radius 2 is 1.47 bits per heavy atom. The number of hydrogen-bond acceptors (Lipinski definition) is 8. The molecule has 2 atom stereocenters. The number of ether oxygens (including phenoxy) is 5. The number of carbonyl (C=O) groups is 3. The fourth-order valence-corrected chi connectivity index (χ4v) is 3.46. The van der Waals surface area contributed by atoms with E-state index in [1.165, 1.54) is 0 Å². The number of amides is 3. The Morgan fingerprint density at radius 1 is 0.842 bits per heavy atom. The van der Waals surface area contributed by atoms with Crippen LogP contribution in [-0.2, 0) is 38.1 Å². The van der Waals surface area contributed by atoms with Crippen LogP contribution in [0, 0.1) is 17.8 Å². The zero-order valence-electron chi connectivity index (χ0n) is 23.3. The molecule has 0 aromatic rings. The Kier molecular flexibility index (Phi) is 20.2. The molecule has 0 saturated carbocycles. The van der Waals surface area contributed by atoms with Crippen molar-refractivity contribution < 1.29 is 38.1 Å². The van der Waals surface area contributed by atoms with Gasteiger partial charge in [-0.3, -0.25) is 14.4 Å². The van der Waals surface area contributed by atoms with Gasteiger partial charge in [0.2, 0.25) is 17.7 Å². The Balaban J connectivity index is 1.86. The quantitative estimate of drug-likeness (QED) is 0.144. The van der Waals surface area contributed by atoms with Gasteiger partial charge >= 0.3 is 0 Å². The topological polar surface area (TPSA) is 133 Å². The molecular weight excluding hydrogens is 494 g/mol. The van der Waals surface area contributed by atoms with Crippen molar-refractivity contribution in [2.75, 3.05) is 73.1 Å². The third kappa shape index (κ3) is 18.1. The third-order valence-corrected chi connectivity index (χ3v) is 5.62. The largest absolute Gasteiger partial charge is 0.379 e. The van der Waals surface area contributed by atoms with Gasteiger partial charge in [-0.1, -0.05) is 26.2 Å². The standard InChI is InChI=1S/C27H47N3O8/c1-22(2)26(27(33)28-3)30-24(31)11-13-34-15-17-36-19-20-37-18-16-35-14-12-29-25(32)21-38-23-9-7-5-4-6-8-10-23/h22-23,26H,4-7,9,11-21H2,1-3H3,(H,28,33)(H,29,32)(H,30,31)/t23?,26-/m0/s1. The van der Waals surface area contributed by atoms with Crippen LogP contribution in [-0.4, -0.2) is 103 Å². The smallest absolute Gasteiger partial charge is 0.246 e. The first-order valence-electron chi connectivity index (χ1n) is 13.6. The van der Waals surface area contributed by atoms with Crippen LogP contribution >= 0.6 is 0 Å². The molecule has 3 N–H and O–H groups in total. The second-order valence-corrected chi connectivity index (χ2v) is 9.17. The predicted octanol–water partition coefficient (Wildman–Crippen LogP) is 0.799. The first-order chi connectivity index (χ1) is 18.4. The summed E-state index contributed by atoms with van der Waals surface area (Å²) < 4.78 is 27.3. The highest BCUT2D eigenvalue weighted by atomic mass is 16.6. The average molecular weight is 542 g/mol. The van der Waals surface area contributed by atoms with Gasteiger partial charge in [0.05, 0.1) is 52.9 Å². The molecule has 11 nitrogen and oxygen atoms in total. The van der Waals surface area contributed by atoms with E-state index in [0.717, 1.165) is 32.1 Å². The molecular formula is C27H47N3O8. The van der Waals surface area contributed by atoms with E-state index in [1.807, 2.05) is 13.8 Å². The van der Waals surface area contributed by atoms with E-state index in [2.05, 4.69) is 27.8 Å². The predicted molar refractivity (Wildman–Crippen MR) is 142 cm³/mol. The molecule has 0 aromatic carbocycles. The molecule has 0 aliphatic heterocycles. The van der Waals surface area contributed by atoms with Crippen LogP contribution in [0.2, 0.25) is 0 Å². The molecule has 1 aliphatic rings. The van der Waals surface area contributed by atoms with Crippen molar-refractivity contribution in [1.29, 1.82) is 0 Å². The van der Waals surface area contributed by atoms with Crippen LogP contribution in [0.3, 0.4) is 0 Å². The lowest BCUT2D eigenvalue weighted by molar-refractivity contribution is -0.130. The normalized spacial score (nSPS) is 16.1. The van der Waals surface area contributed by atoms with E-state index in [9.17, 15) is 14.4 Å². The van der Waals surface area contributed by atoms with Gasteiger partial charge in [0.25, 0.3) is 0 Å². The van der Waals surface area contributed by atoms with Gasteiger partial charge in [0.1, 0.15) is 18.8 Å². The molecule has 218 valence electrons. The van der Waals surface area contributed by atoms with Crippen LogP contribution in [0.4, 0.5) is 0 Å². The third-order valence-electron chi connectivity index (χ3n) is 5.62. The van der Waals surface area contributed by atoms with Gasteiger partial charge < -0.3 is 39.6 Å². The summed E-state index contributed by atoms with van der Waals surface area (Å²) in [6.45, 7) is 7.30. The van der Waals surface area contributed by atoms with Crippen molar-refractivity contribution in [1.82, 2.24) is 16.0 Å². The summed E-state index contributed by atoms with van der Waals surface area (Å²) >= 11 is 0. The summed E-state index contributed by atoms with van der Waals surface area (Å²) in [5.74, 6) is 5.58. The summed E-state index contributed by atoms with van der Waals surface area (Å²) in [4.78, 5) is 35.6. The summed E-state index contributed by atoms with van der Waals surface area (Å²) in [7, 11) is 1.55. The number of carbonyl (C=O) groups excluding carboxylic acids is 3. The highest BCUT2D eigenvalue weighted by Gasteiger charge is 2.22. The van der Waals surface area contributed by atoms with E-state index in [4.69, 9.17) is 23.7 Å². The molecule has 1 aliphatic carbocycles. The molecule has 0 bridgehead atoms. The van der Waals surface area contributed by atoms with Crippen LogP contribution in [0.5, 0.6) is 0 Å². The van der Waals surface area contributed by atoms with Gasteiger partial charge in [-0.2, -0.15) is 0 Å². The summed E-state index contributed by atoms with van der Waals surface area (Å²) in [5, 5.41) is 8.04. The Hall–Kier alpha value is -2.23. The lowest BCUT2D eigenvalue weighted by Gasteiger charge is -2.20. The molecule has 0 aromatic heterocycles. The highest BCUT2D eigenvalue weighted by molar-refractivity contribution is 5.87. The van der Waals surface area contributed by atoms with Gasteiger partial charge in [-0.25, -0.2) is 0 Å². The number of nitrogens with one attached hydrogen (secondary N) is 3. The minimum atomic E-state index is -0.552. The van der Waals surface area contributed by atoms with Crippen LogP contribution in [0.1, 0.15) is 52.4 Å². The lowest BCUT2D eigenvalue weighted by atomic mass is 10.0. The minimum Gasteiger partial charge on any atom is -0.379 e. The number of likely N-dealkylation sites (N-methyl/N-ethyl adjacent to an activating group) is 1. The van der Waals surface area contributed by atoms with Gasteiger partial charge in [0, 0.05) is 26.4 Å². The van der Waals surface area contributed by atoms with Gasteiger partial charge in [0.15, 0.2) is 0 Å². The molecule has 11 heteroatoms. The van der Waals surface area contributed by atoms with Crippen molar-refractivity contribution in [3.8, 4) is 11.8 Å². The van der Waals surface area contributed by atoms with Crippen molar-refractivity contribution in [2.45, 2.75) is 64.5 Å². The number of hydrogen-bond donors (Lipinski definition) is 3. The van der Waals surface area contributed by atoms with Crippen molar-refractivity contribution in [2.24, 2.45) is 5.92 Å². The Bertz CT molecular complexity index is 723. The molecule has 1 unspecified atom stereocenters. The maximum absolute atomic E-state index is 12.0. The zero-order chi connectivity index (χ0) is 27.8. The second kappa shape index (κ2) is 22.7. The fraction of sp³-hybridized carbons (Fsp3) is 0.815. The van der Waals surface area contributed by atoms with E-state index in [1.54, 1.807) is 7.05 Å². The maximum Gasteiger partial charge on any atom is 0.246 e. The van der Waals surface area contributed by atoms with E-state index in [0.29, 0.717) is 52.8 Å². The molecule has 3 amide bonds. The van der Waals surface area contributed by atoms with Crippen molar-refractivity contribution in [3.05, 3.63) is 0 Å². The number of rotatable bonds is 21. The Labute approximate surface area is 227 Å². The van der Waals surface area contributed by atoms with Crippen LogP contribution < -0.4 is 16.0 Å². The molecule has 0 radical (unpaired) electrons. The second-order valence-electron chi connectivity index (χ2n) is 9.17. The SMILES string of the molecule is CNC(=O)[C@@H](NC(=O)CCOCCOCCOCCOCCNC(=O)COC1C#CCCCCC1)C(C)C. The minimum absolute atomic E-state index is 0.00320. The Morgan fingerprint density at radius 3 is 2.11 bits per heavy atom. The van der Waals surface area contributed by atoms with Gasteiger partial charge in [-0.05, 0) is 25.2 Å².